The lowest BCUT2D eigenvalue weighted by Crippen LogP contribution is -2.55. The topological polar surface area (TPSA) is 52.0 Å². The second kappa shape index (κ2) is 1.20. The fourth-order valence-corrected chi connectivity index (χ4v) is 1.14. The third kappa shape index (κ3) is 0.924. The zero-order chi connectivity index (χ0) is 5.49. The molecule has 0 spiro atoms. The minimum Gasteiger partial charge on any atom is -0.328 e. The molecule has 1 aliphatic carbocycles. The molecule has 1 aliphatic rings. The molecule has 2 heteroatoms. The highest BCUT2D eigenvalue weighted by molar-refractivity contribution is 4.96. The van der Waals surface area contributed by atoms with E-state index in [0.717, 1.165) is 12.8 Å². The van der Waals surface area contributed by atoms with Gasteiger partial charge in [-0.1, -0.05) is 0 Å². The van der Waals surface area contributed by atoms with Gasteiger partial charge in [0.1, 0.15) is 0 Å². The fourth-order valence-electron chi connectivity index (χ4n) is 1.14. The van der Waals surface area contributed by atoms with E-state index in [-0.39, 0.29) is 5.54 Å². The van der Waals surface area contributed by atoms with Crippen LogP contribution in [0, 0.1) is 0 Å². The Kier molecular flexibility index (Phi) is 0.869. The standard InChI is InChI=1S/C5H12N2/c1-5(7)2-4(6)3-5/h4H,2-3,6-7H2,1H3. The van der Waals surface area contributed by atoms with E-state index < -0.39 is 0 Å². The van der Waals surface area contributed by atoms with Crippen LogP contribution < -0.4 is 11.5 Å². The summed E-state index contributed by atoms with van der Waals surface area (Å²) >= 11 is 0. The molecule has 0 saturated heterocycles. The number of rotatable bonds is 0. The van der Waals surface area contributed by atoms with Crippen molar-refractivity contribution in [2.24, 2.45) is 11.5 Å². The van der Waals surface area contributed by atoms with Gasteiger partial charge in [-0.25, -0.2) is 0 Å². The maximum atomic E-state index is 5.63. The van der Waals surface area contributed by atoms with Crippen LogP contribution in [0.4, 0.5) is 0 Å². The van der Waals surface area contributed by atoms with E-state index in [4.69, 9.17) is 11.5 Å². The lowest BCUT2D eigenvalue weighted by Gasteiger charge is -2.39. The summed E-state index contributed by atoms with van der Waals surface area (Å²) in [4.78, 5) is 0. The summed E-state index contributed by atoms with van der Waals surface area (Å²) in [6.07, 6.45) is 1.99. The first-order valence-corrected chi connectivity index (χ1v) is 2.65. The average Bonchev–Trinajstić information content (AvgIpc) is 1.27. The van der Waals surface area contributed by atoms with E-state index in [1.165, 1.54) is 0 Å². The zero-order valence-electron chi connectivity index (χ0n) is 4.65. The third-order valence-electron chi connectivity index (χ3n) is 1.46. The Bertz CT molecular complexity index is 70.1. The van der Waals surface area contributed by atoms with Gasteiger partial charge in [0.15, 0.2) is 0 Å². The maximum absolute atomic E-state index is 5.63. The Morgan fingerprint density at radius 2 is 2.00 bits per heavy atom. The molecule has 0 aromatic rings. The molecule has 0 aromatic carbocycles. The molecule has 1 rings (SSSR count). The van der Waals surface area contributed by atoms with Crippen molar-refractivity contribution in [3.05, 3.63) is 0 Å². The van der Waals surface area contributed by atoms with Crippen LogP contribution in [0.25, 0.3) is 0 Å². The molecule has 7 heavy (non-hydrogen) atoms. The van der Waals surface area contributed by atoms with Gasteiger partial charge in [0.2, 0.25) is 0 Å². The molecule has 0 radical (unpaired) electrons. The summed E-state index contributed by atoms with van der Waals surface area (Å²) in [5.74, 6) is 0. The van der Waals surface area contributed by atoms with Gasteiger partial charge in [-0.05, 0) is 19.8 Å². The van der Waals surface area contributed by atoms with Gasteiger partial charge in [0, 0.05) is 11.6 Å². The lowest BCUT2D eigenvalue weighted by atomic mass is 9.76. The highest BCUT2D eigenvalue weighted by Gasteiger charge is 2.33. The summed E-state index contributed by atoms with van der Waals surface area (Å²) in [5, 5.41) is 0. The lowest BCUT2D eigenvalue weighted by molar-refractivity contribution is 0.233. The van der Waals surface area contributed by atoms with Crippen molar-refractivity contribution in [2.75, 3.05) is 0 Å². The molecule has 0 amide bonds. The van der Waals surface area contributed by atoms with Crippen LogP contribution in [0.3, 0.4) is 0 Å². The number of hydrogen-bond donors (Lipinski definition) is 2. The predicted octanol–water partition coefficient (Wildman–Crippen LogP) is -0.175. The van der Waals surface area contributed by atoms with Crippen LogP contribution in [-0.2, 0) is 0 Å². The van der Waals surface area contributed by atoms with E-state index in [2.05, 4.69) is 0 Å². The quantitative estimate of drug-likeness (QED) is 0.444. The summed E-state index contributed by atoms with van der Waals surface area (Å²) in [7, 11) is 0. The first kappa shape index (κ1) is 5.06. The first-order chi connectivity index (χ1) is 3.10. The van der Waals surface area contributed by atoms with Crippen molar-refractivity contribution >= 4 is 0 Å². The van der Waals surface area contributed by atoms with Crippen molar-refractivity contribution in [3.8, 4) is 0 Å². The molecule has 0 aliphatic heterocycles. The van der Waals surface area contributed by atoms with Crippen LogP contribution >= 0.6 is 0 Å². The zero-order valence-corrected chi connectivity index (χ0v) is 4.65. The van der Waals surface area contributed by atoms with Gasteiger partial charge in [-0.3, -0.25) is 0 Å². The average molecular weight is 100 g/mol. The first-order valence-electron chi connectivity index (χ1n) is 2.65. The number of nitrogens with two attached hydrogens (primary N) is 2. The molecule has 0 aromatic heterocycles. The second-order valence-electron chi connectivity index (χ2n) is 2.82. The van der Waals surface area contributed by atoms with E-state index in [0.29, 0.717) is 6.04 Å². The highest BCUT2D eigenvalue weighted by atomic mass is 14.8. The van der Waals surface area contributed by atoms with Crippen LogP contribution in [0.5, 0.6) is 0 Å². The number of hydrogen-bond acceptors (Lipinski definition) is 2. The normalized spacial score (nSPS) is 51.0. The Morgan fingerprint density at radius 3 is 2.00 bits per heavy atom. The summed E-state index contributed by atoms with van der Waals surface area (Å²) in [5.41, 5.74) is 11.2. The van der Waals surface area contributed by atoms with Crippen molar-refractivity contribution < 1.29 is 0 Å². The van der Waals surface area contributed by atoms with Gasteiger partial charge in [-0.15, -0.1) is 0 Å². The minimum absolute atomic E-state index is 0.0689. The van der Waals surface area contributed by atoms with E-state index in [1.54, 1.807) is 0 Å². The Hall–Kier alpha value is -0.0800. The van der Waals surface area contributed by atoms with Crippen molar-refractivity contribution in [3.63, 3.8) is 0 Å². The molecular weight excluding hydrogens is 88.1 g/mol. The maximum Gasteiger partial charge on any atom is 0.0155 e. The Labute approximate surface area is 43.9 Å². The molecule has 1 saturated carbocycles. The van der Waals surface area contributed by atoms with Gasteiger partial charge >= 0.3 is 0 Å². The summed E-state index contributed by atoms with van der Waals surface area (Å²) in [6.45, 7) is 2.04. The molecule has 0 unspecified atom stereocenters. The monoisotopic (exact) mass is 100 g/mol. The molecule has 1 fully saturated rings. The molecule has 42 valence electrons. The fraction of sp³-hybridized carbons (Fsp3) is 1.00. The van der Waals surface area contributed by atoms with Crippen LogP contribution in [-0.4, -0.2) is 11.6 Å². The van der Waals surface area contributed by atoms with Crippen LogP contribution in [0.1, 0.15) is 19.8 Å². The van der Waals surface area contributed by atoms with Crippen LogP contribution in [0.2, 0.25) is 0 Å². The molecular formula is C5H12N2. The highest BCUT2D eigenvalue weighted by Crippen LogP contribution is 2.26. The second-order valence-corrected chi connectivity index (χ2v) is 2.82. The molecule has 2 nitrogen and oxygen atoms in total. The van der Waals surface area contributed by atoms with E-state index >= 15 is 0 Å². The largest absolute Gasteiger partial charge is 0.328 e. The molecule has 0 heterocycles. The molecule has 0 atom stereocenters. The third-order valence-corrected chi connectivity index (χ3v) is 1.46. The van der Waals surface area contributed by atoms with E-state index in [1.807, 2.05) is 6.92 Å². The van der Waals surface area contributed by atoms with Crippen LogP contribution in [0.15, 0.2) is 0 Å². The minimum atomic E-state index is 0.0689. The summed E-state index contributed by atoms with van der Waals surface area (Å²) < 4.78 is 0. The van der Waals surface area contributed by atoms with Crippen molar-refractivity contribution in [2.45, 2.75) is 31.3 Å². The summed E-state index contributed by atoms with van der Waals surface area (Å²) in [6, 6.07) is 0.384. The van der Waals surface area contributed by atoms with Gasteiger partial charge in [-0.2, -0.15) is 0 Å². The van der Waals surface area contributed by atoms with Crippen molar-refractivity contribution in [1.82, 2.24) is 0 Å². The molecule has 4 N–H and O–H groups in total. The van der Waals surface area contributed by atoms with Gasteiger partial charge in [0.05, 0.1) is 0 Å². The Morgan fingerprint density at radius 1 is 1.57 bits per heavy atom. The van der Waals surface area contributed by atoms with Gasteiger partial charge < -0.3 is 11.5 Å². The SMILES string of the molecule is CC1(N)CC(N)C1. The Balaban J connectivity index is 2.29. The van der Waals surface area contributed by atoms with Crippen molar-refractivity contribution in [1.29, 1.82) is 0 Å². The predicted molar refractivity (Wildman–Crippen MR) is 29.8 cm³/mol. The molecule has 0 bridgehead atoms. The van der Waals surface area contributed by atoms with Gasteiger partial charge in [0.25, 0.3) is 0 Å². The van der Waals surface area contributed by atoms with E-state index in [9.17, 15) is 0 Å². The smallest absolute Gasteiger partial charge is 0.0155 e.